The molecule has 1 saturated heterocycles. The molecule has 1 aliphatic heterocycles. The summed E-state index contributed by atoms with van der Waals surface area (Å²) >= 11 is 0. The normalized spacial score (nSPS) is 14.9. The first-order chi connectivity index (χ1) is 14.6. The molecule has 1 aromatic carbocycles. The van der Waals surface area contributed by atoms with Crippen molar-refractivity contribution in [1.29, 1.82) is 0 Å². The van der Waals surface area contributed by atoms with Gasteiger partial charge in [0.05, 0.1) is 12.1 Å². The number of anilines is 2. The SMILES string of the molecule is Cc1ccc(NC(=O)CN(C)C(=O)C2CCN(c3ccc(C(F)(F)F)cn3)CC2)cc1. The number of likely N-dealkylation sites (N-methyl/N-ethyl adjacent to an activating group) is 1. The van der Waals surface area contributed by atoms with Gasteiger partial charge < -0.3 is 15.1 Å². The van der Waals surface area contributed by atoms with E-state index < -0.39 is 11.7 Å². The van der Waals surface area contributed by atoms with Gasteiger partial charge in [0.25, 0.3) is 0 Å². The van der Waals surface area contributed by atoms with Gasteiger partial charge >= 0.3 is 6.18 Å². The average Bonchev–Trinajstić information content (AvgIpc) is 2.74. The van der Waals surface area contributed by atoms with Gasteiger partial charge in [-0.3, -0.25) is 9.59 Å². The van der Waals surface area contributed by atoms with Crippen LogP contribution in [0.15, 0.2) is 42.6 Å². The number of piperidine rings is 1. The van der Waals surface area contributed by atoms with Gasteiger partial charge in [-0.25, -0.2) is 4.98 Å². The molecular weight excluding hydrogens is 409 g/mol. The number of alkyl halides is 3. The summed E-state index contributed by atoms with van der Waals surface area (Å²) in [5.41, 5.74) is 0.976. The van der Waals surface area contributed by atoms with Crippen LogP contribution in [0.4, 0.5) is 24.7 Å². The topological polar surface area (TPSA) is 65.5 Å². The number of nitrogens with zero attached hydrogens (tertiary/aromatic N) is 3. The van der Waals surface area contributed by atoms with Crippen LogP contribution in [0.25, 0.3) is 0 Å². The van der Waals surface area contributed by atoms with Gasteiger partial charge in [0.1, 0.15) is 5.82 Å². The Hall–Kier alpha value is -3.10. The average molecular weight is 434 g/mol. The number of amides is 2. The Morgan fingerprint density at radius 3 is 2.32 bits per heavy atom. The van der Waals surface area contributed by atoms with Crippen molar-refractivity contribution < 1.29 is 22.8 Å². The van der Waals surface area contributed by atoms with Crippen molar-refractivity contribution in [2.75, 3.05) is 36.9 Å². The molecule has 9 heteroatoms. The predicted octanol–water partition coefficient (Wildman–Crippen LogP) is 3.72. The van der Waals surface area contributed by atoms with Crippen molar-refractivity contribution >= 4 is 23.3 Å². The van der Waals surface area contributed by atoms with E-state index in [0.717, 1.165) is 17.8 Å². The summed E-state index contributed by atoms with van der Waals surface area (Å²) in [7, 11) is 1.60. The molecule has 2 heterocycles. The van der Waals surface area contributed by atoms with Crippen molar-refractivity contribution in [2.24, 2.45) is 5.92 Å². The van der Waals surface area contributed by atoms with E-state index in [4.69, 9.17) is 0 Å². The molecule has 31 heavy (non-hydrogen) atoms. The number of hydrogen-bond donors (Lipinski definition) is 1. The fourth-order valence-corrected chi connectivity index (χ4v) is 3.54. The Morgan fingerprint density at radius 1 is 1.13 bits per heavy atom. The van der Waals surface area contributed by atoms with Gasteiger partial charge in [-0.1, -0.05) is 17.7 Å². The number of pyridine rings is 1. The van der Waals surface area contributed by atoms with Gasteiger partial charge in [-0.05, 0) is 44.0 Å². The molecule has 3 rings (SSSR count). The minimum Gasteiger partial charge on any atom is -0.357 e. The fourth-order valence-electron chi connectivity index (χ4n) is 3.54. The Bertz CT molecular complexity index is 906. The number of aryl methyl sites for hydroxylation is 1. The standard InChI is InChI=1S/C22H25F3N4O2/c1-15-3-6-18(7-4-15)27-20(30)14-28(2)21(31)16-9-11-29(12-10-16)19-8-5-17(13-26-19)22(23,24)25/h3-8,13,16H,9-12,14H2,1-2H3,(H,27,30). The van der Waals surface area contributed by atoms with Crippen LogP contribution in [0.3, 0.4) is 0 Å². The Kier molecular flexibility index (Phi) is 6.82. The predicted molar refractivity (Wildman–Crippen MR) is 112 cm³/mol. The quantitative estimate of drug-likeness (QED) is 0.779. The van der Waals surface area contributed by atoms with E-state index in [2.05, 4.69) is 10.3 Å². The first-order valence-corrected chi connectivity index (χ1v) is 10.0. The van der Waals surface area contributed by atoms with E-state index in [1.54, 1.807) is 19.2 Å². The number of halogens is 3. The third-order valence-corrected chi connectivity index (χ3v) is 5.34. The highest BCUT2D eigenvalue weighted by Crippen LogP contribution is 2.30. The second kappa shape index (κ2) is 9.36. The first kappa shape index (κ1) is 22.6. The first-order valence-electron chi connectivity index (χ1n) is 10.0. The van der Waals surface area contributed by atoms with Gasteiger partial charge in [-0.2, -0.15) is 13.2 Å². The van der Waals surface area contributed by atoms with Crippen molar-refractivity contribution in [3.05, 3.63) is 53.7 Å². The summed E-state index contributed by atoms with van der Waals surface area (Å²) in [6.45, 7) is 2.93. The van der Waals surface area contributed by atoms with Crippen LogP contribution in [0.2, 0.25) is 0 Å². The lowest BCUT2D eigenvalue weighted by Crippen LogP contribution is -2.43. The largest absolute Gasteiger partial charge is 0.417 e. The molecule has 2 aromatic rings. The maximum absolute atomic E-state index is 12.7. The molecule has 0 radical (unpaired) electrons. The van der Waals surface area contributed by atoms with E-state index in [9.17, 15) is 22.8 Å². The Balaban J connectivity index is 1.48. The van der Waals surface area contributed by atoms with E-state index in [1.807, 2.05) is 24.0 Å². The van der Waals surface area contributed by atoms with Gasteiger partial charge in [-0.15, -0.1) is 0 Å². The second-order valence-electron chi connectivity index (χ2n) is 7.77. The molecule has 1 fully saturated rings. The number of carbonyl (C=O) groups excluding carboxylic acids is 2. The summed E-state index contributed by atoms with van der Waals surface area (Å²) in [6, 6.07) is 9.76. The van der Waals surface area contributed by atoms with Crippen LogP contribution < -0.4 is 10.2 Å². The van der Waals surface area contributed by atoms with E-state index in [0.29, 0.717) is 37.4 Å². The highest BCUT2D eigenvalue weighted by Gasteiger charge is 2.32. The zero-order valence-corrected chi connectivity index (χ0v) is 17.4. The van der Waals surface area contributed by atoms with Gasteiger partial charge in [0, 0.05) is 37.9 Å². The van der Waals surface area contributed by atoms with Crippen molar-refractivity contribution in [2.45, 2.75) is 25.9 Å². The highest BCUT2D eigenvalue weighted by atomic mass is 19.4. The van der Waals surface area contributed by atoms with Crippen LogP contribution in [0, 0.1) is 12.8 Å². The van der Waals surface area contributed by atoms with Crippen molar-refractivity contribution in [3.8, 4) is 0 Å². The van der Waals surface area contributed by atoms with Crippen LogP contribution in [-0.4, -0.2) is 48.4 Å². The zero-order chi connectivity index (χ0) is 22.6. The summed E-state index contributed by atoms with van der Waals surface area (Å²) in [6.07, 6.45) is -2.49. The fraction of sp³-hybridized carbons (Fsp3) is 0.409. The Morgan fingerprint density at radius 2 is 1.77 bits per heavy atom. The number of rotatable bonds is 5. The molecule has 2 amide bonds. The molecule has 0 unspecified atom stereocenters. The molecule has 0 atom stereocenters. The van der Waals surface area contributed by atoms with E-state index >= 15 is 0 Å². The number of hydrogen-bond acceptors (Lipinski definition) is 4. The van der Waals surface area contributed by atoms with Gasteiger partial charge in [0.15, 0.2) is 0 Å². The number of aromatic nitrogens is 1. The molecule has 6 nitrogen and oxygen atoms in total. The molecular formula is C22H25F3N4O2. The number of nitrogens with one attached hydrogen (secondary N) is 1. The molecule has 1 N–H and O–H groups in total. The highest BCUT2D eigenvalue weighted by molar-refractivity contribution is 5.94. The molecule has 0 spiro atoms. The van der Waals surface area contributed by atoms with E-state index in [-0.39, 0.29) is 24.3 Å². The molecule has 166 valence electrons. The monoisotopic (exact) mass is 434 g/mol. The maximum Gasteiger partial charge on any atom is 0.417 e. The van der Waals surface area contributed by atoms with Crippen LogP contribution in [-0.2, 0) is 15.8 Å². The maximum atomic E-state index is 12.7. The van der Waals surface area contributed by atoms with Crippen LogP contribution in [0.1, 0.15) is 24.0 Å². The smallest absolute Gasteiger partial charge is 0.357 e. The third kappa shape index (κ3) is 5.96. The van der Waals surface area contributed by atoms with E-state index in [1.165, 1.54) is 11.0 Å². The number of benzene rings is 1. The van der Waals surface area contributed by atoms with Crippen molar-refractivity contribution in [3.63, 3.8) is 0 Å². The van der Waals surface area contributed by atoms with Crippen molar-refractivity contribution in [1.82, 2.24) is 9.88 Å². The molecule has 0 aliphatic carbocycles. The van der Waals surface area contributed by atoms with Crippen LogP contribution in [0.5, 0.6) is 0 Å². The molecule has 0 saturated carbocycles. The molecule has 1 aromatic heterocycles. The lowest BCUT2D eigenvalue weighted by molar-refractivity contribution is -0.138. The third-order valence-electron chi connectivity index (χ3n) is 5.34. The minimum absolute atomic E-state index is 0.0482. The minimum atomic E-state index is -4.42. The van der Waals surface area contributed by atoms with Crippen LogP contribution >= 0.6 is 0 Å². The lowest BCUT2D eigenvalue weighted by Gasteiger charge is -2.33. The van der Waals surface area contributed by atoms with Gasteiger partial charge in [0.2, 0.25) is 11.8 Å². The lowest BCUT2D eigenvalue weighted by atomic mass is 9.95. The molecule has 0 bridgehead atoms. The summed E-state index contributed by atoms with van der Waals surface area (Å²) in [4.78, 5) is 32.1. The molecule has 1 aliphatic rings. The number of carbonyl (C=O) groups is 2. The summed E-state index contributed by atoms with van der Waals surface area (Å²) in [5.74, 6) is -0.155. The second-order valence-corrected chi connectivity index (χ2v) is 7.77. The summed E-state index contributed by atoms with van der Waals surface area (Å²) in [5, 5.41) is 2.77. The zero-order valence-electron chi connectivity index (χ0n) is 17.4. The summed E-state index contributed by atoms with van der Waals surface area (Å²) < 4.78 is 38.0. The Labute approximate surface area is 179 Å².